The maximum atomic E-state index is 10.8. The molecule has 6 nitrogen and oxygen atoms in total. The SMILES string of the molecule is O=C(O)c1cc(-c2ccc(-c3cccc(O)c3CO)cc2)no1. The third kappa shape index (κ3) is 2.79. The summed E-state index contributed by atoms with van der Waals surface area (Å²) in [6, 6.07) is 13.5. The zero-order valence-corrected chi connectivity index (χ0v) is 11.9. The highest BCUT2D eigenvalue weighted by atomic mass is 16.5. The fourth-order valence-electron chi connectivity index (χ4n) is 2.34. The molecule has 2 aromatic carbocycles. The van der Waals surface area contributed by atoms with Crippen molar-refractivity contribution in [3.8, 4) is 28.1 Å². The number of aliphatic hydroxyl groups excluding tert-OH is 1. The number of rotatable bonds is 4. The fourth-order valence-corrected chi connectivity index (χ4v) is 2.34. The van der Waals surface area contributed by atoms with Gasteiger partial charge in [-0.05, 0) is 17.2 Å². The number of hydrogen-bond donors (Lipinski definition) is 3. The molecule has 0 unspecified atom stereocenters. The number of carboxylic acid groups (broad SMARTS) is 1. The Balaban J connectivity index is 1.96. The van der Waals surface area contributed by atoms with Crippen LogP contribution in [0.25, 0.3) is 22.4 Å². The van der Waals surface area contributed by atoms with Crippen LogP contribution >= 0.6 is 0 Å². The number of aromatic carboxylic acids is 1. The van der Waals surface area contributed by atoms with E-state index in [1.807, 2.05) is 0 Å². The first-order valence-corrected chi connectivity index (χ1v) is 6.82. The maximum absolute atomic E-state index is 10.8. The molecule has 1 aromatic heterocycles. The van der Waals surface area contributed by atoms with Crippen molar-refractivity contribution in [2.24, 2.45) is 0 Å². The van der Waals surface area contributed by atoms with E-state index in [1.165, 1.54) is 12.1 Å². The molecule has 0 aliphatic heterocycles. The number of nitrogens with zero attached hydrogens (tertiary/aromatic N) is 1. The normalized spacial score (nSPS) is 10.7. The summed E-state index contributed by atoms with van der Waals surface area (Å²) in [5, 5.41) is 31.8. The molecule has 0 radical (unpaired) electrons. The van der Waals surface area contributed by atoms with E-state index in [4.69, 9.17) is 9.63 Å². The zero-order chi connectivity index (χ0) is 16.4. The first-order valence-electron chi connectivity index (χ1n) is 6.82. The van der Waals surface area contributed by atoms with Gasteiger partial charge in [-0.15, -0.1) is 0 Å². The lowest BCUT2D eigenvalue weighted by Gasteiger charge is -2.09. The number of carboxylic acids is 1. The van der Waals surface area contributed by atoms with E-state index in [2.05, 4.69) is 5.16 Å². The third-order valence-corrected chi connectivity index (χ3v) is 3.52. The van der Waals surface area contributed by atoms with E-state index in [9.17, 15) is 15.0 Å². The van der Waals surface area contributed by atoms with Gasteiger partial charge in [0.05, 0.1) is 6.61 Å². The Morgan fingerprint density at radius 3 is 2.39 bits per heavy atom. The van der Waals surface area contributed by atoms with E-state index >= 15 is 0 Å². The minimum absolute atomic E-state index is 0.0386. The van der Waals surface area contributed by atoms with Crippen molar-refractivity contribution in [2.45, 2.75) is 6.61 Å². The third-order valence-electron chi connectivity index (χ3n) is 3.52. The van der Waals surface area contributed by atoms with Gasteiger partial charge < -0.3 is 19.8 Å². The van der Waals surface area contributed by atoms with Crippen molar-refractivity contribution < 1.29 is 24.6 Å². The summed E-state index contributed by atoms with van der Waals surface area (Å²) in [5.74, 6) is -1.36. The molecule has 3 N–H and O–H groups in total. The largest absolute Gasteiger partial charge is 0.508 e. The Morgan fingerprint density at radius 2 is 1.78 bits per heavy atom. The summed E-state index contributed by atoms with van der Waals surface area (Å²) in [7, 11) is 0. The van der Waals surface area contributed by atoms with E-state index in [-0.39, 0.29) is 18.1 Å². The second-order valence-corrected chi connectivity index (χ2v) is 4.92. The maximum Gasteiger partial charge on any atom is 0.374 e. The van der Waals surface area contributed by atoms with Crippen LogP contribution in [0.5, 0.6) is 5.75 Å². The molecule has 1 heterocycles. The quantitative estimate of drug-likeness (QED) is 0.684. The molecule has 0 saturated heterocycles. The molecule has 6 heteroatoms. The molecule has 116 valence electrons. The van der Waals surface area contributed by atoms with Gasteiger partial charge in [-0.3, -0.25) is 0 Å². The van der Waals surface area contributed by atoms with Crippen LogP contribution in [-0.2, 0) is 6.61 Å². The molecule has 0 amide bonds. The molecule has 0 atom stereocenters. The predicted molar refractivity (Wildman–Crippen MR) is 81.9 cm³/mol. The Hall–Kier alpha value is -3.12. The summed E-state index contributed by atoms with van der Waals surface area (Å²) in [6.07, 6.45) is 0. The average Bonchev–Trinajstić information content (AvgIpc) is 3.05. The lowest BCUT2D eigenvalue weighted by Crippen LogP contribution is -1.91. The van der Waals surface area contributed by atoms with Crippen molar-refractivity contribution in [3.63, 3.8) is 0 Å². The summed E-state index contributed by atoms with van der Waals surface area (Å²) in [4.78, 5) is 10.8. The number of hydrogen-bond acceptors (Lipinski definition) is 5. The Bertz CT molecular complexity index is 852. The van der Waals surface area contributed by atoms with Crippen molar-refractivity contribution in [3.05, 3.63) is 59.9 Å². The van der Waals surface area contributed by atoms with Gasteiger partial charge in [-0.2, -0.15) is 0 Å². The lowest BCUT2D eigenvalue weighted by atomic mass is 9.98. The summed E-state index contributed by atoms with van der Waals surface area (Å²) in [5.41, 5.74) is 3.12. The van der Waals surface area contributed by atoms with Gasteiger partial charge in [0.1, 0.15) is 11.4 Å². The molecule has 0 saturated carbocycles. The van der Waals surface area contributed by atoms with E-state index in [0.29, 0.717) is 16.8 Å². The molecule has 0 fully saturated rings. The molecule has 3 aromatic rings. The molecule has 0 aliphatic rings. The van der Waals surface area contributed by atoms with Crippen LogP contribution in [0, 0.1) is 0 Å². The van der Waals surface area contributed by atoms with Gasteiger partial charge in [-0.25, -0.2) is 4.79 Å². The number of benzene rings is 2. The van der Waals surface area contributed by atoms with Gasteiger partial charge in [0.15, 0.2) is 0 Å². The predicted octanol–water partition coefficient (Wildman–Crippen LogP) is 2.90. The first-order chi connectivity index (χ1) is 11.1. The van der Waals surface area contributed by atoms with E-state index in [0.717, 1.165) is 11.1 Å². The number of carbonyl (C=O) groups is 1. The van der Waals surface area contributed by atoms with Gasteiger partial charge in [0.2, 0.25) is 5.76 Å². The van der Waals surface area contributed by atoms with Gasteiger partial charge in [0, 0.05) is 17.2 Å². The lowest BCUT2D eigenvalue weighted by molar-refractivity contribution is 0.0652. The Morgan fingerprint density at radius 1 is 1.09 bits per heavy atom. The fraction of sp³-hybridized carbons (Fsp3) is 0.0588. The Kier molecular flexibility index (Phi) is 3.82. The van der Waals surface area contributed by atoms with Gasteiger partial charge in [-0.1, -0.05) is 41.6 Å². The van der Waals surface area contributed by atoms with Crippen molar-refractivity contribution >= 4 is 5.97 Å². The number of phenols is 1. The number of aliphatic hydroxyl groups is 1. The van der Waals surface area contributed by atoms with Gasteiger partial charge >= 0.3 is 5.97 Å². The molecule has 0 aliphatic carbocycles. The van der Waals surface area contributed by atoms with Crippen LogP contribution in [0.3, 0.4) is 0 Å². The van der Waals surface area contributed by atoms with E-state index < -0.39 is 5.97 Å². The van der Waals surface area contributed by atoms with Crippen LogP contribution in [-0.4, -0.2) is 26.4 Å². The summed E-state index contributed by atoms with van der Waals surface area (Å²) >= 11 is 0. The zero-order valence-electron chi connectivity index (χ0n) is 11.9. The monoisotopic (exact) mass is 311 g/mol. The van der Waals surface area contributed by atoms with Crippen LogP contribution in [0.15, 0.2) is 53.1 Å². The molecule has 3 rings (SSSR count). The molecule has 23 heavy (non-hydrogen) atoms. The molecule has 0 bridgehead atoms. The Labute approximate surface area is 131 Å². The molecule has 0 spiro atoms. The minimum Gasteiger partial charge on any atom is -0.508 e. The average molecular weight is 311 g/mol. The van der Waals surface area contributed by atoms with Crippen molar-refractivity contribution in [1.29, 1.82) is 0 Å². The van der Waals surface area contributed by atoms with Crippen molar-refractivity contribution in [2.75, 3.05) is 0 Å². The molecular weight excluding hydrogens is 298 g/mol. The number of aromatic nitrogens is 1. The summed E-state index contributed by atoms with van der Waals surface area (Å²) < 4.78 is 4.73. The minimum atomic E-state index is -1.17. The van der Waals surface area contributed by atoms with E-state index in [1.54, 1.807) is 36.4 Å². The topological polar surface area (TPSA) is 104 Å². The highest BCUT2D eigenvalue weighted by Gasteiger charge is 2.13. The second kappa shape index (κ2) is 5.94. The first kappa shape index (κ1) is 14.8. The van der Waals surface area contributed by atoms with Crippen LogP contribution in [0.4, 0.5) is 0 Å². The summed E-state index contributed by atoms with van der Waals surface area (Å²) in [6.45, 7) is -0.269. The highest BCUT2D eigenvalue weighted by Crippen LogP contribution is 2.31. The highest BCUT2D eigenvalue weighted by molar-refractivity contribution is 5.85. The van der Waals surface area contributed by atoms with Crippen LogP contribution < -0.4 is 0 Å². The molecular formula is C17H13NO5. The van der Waals surface area contributed by atoms with Gasteiger partial charge in [0.25, 0.3) is 0 Å². The number of aromatic hydroxyl groups is 1. The van der Waals surface area contributed by atoms with Crippen molar-refractivity contribution in [1.82, 2.24) is 5.16 Å². The second-order valence-electron chi connectivity index (χ2n) is 4.92. The standard InChI is InChI=1S/C17H13NO5/c19-9-13-12(2-1-3-15(13)20)10-4-6-11(7-5-10)14-8-16(17(21)22)23-18-14/h1-8,19-20H,9H2,(H,21,22). The smallest absolute Gasteiger partial charge is 0.374 e. The van der Waals surface area contributed by atoms with Crippen LogP contribution in [0.2, 0.25) is 0 Å². The van der Waals surface area contributed by atoms with Crippen LogP contribution in [0.1, 0.15) is 16.1 Å².